The standard InChI is InChI=1S/C28H32Cl2N4O5Si/c1-6-39-27(36)18(2)33-26(35)23-25(32(28(33)37)17-38-15-16-40(3,4)5)31-24(21-9-7-8-10-22(21)30)34(23)20-13-11-19(29)12-14-20/h7-14,18H,6,15-17H2,1-5H3. The Hall–Kier alpha value is -3.18. The number of hydrogen-bond donors (Lipinski definition) is 0. The quantitative estimate of drug-likeness (QED) is 0.130. The Kier molecular flexibility index (Phi) is 9.04. The number of benzene rings is 2. The Morgan fingerprint density at radius 1 is 1.05 bits per heavy atom. The molecule has 4 rings (SSSR count). The molecule has 0 bridgehead atoms. The molecule has 9 nitrogen and oxygen atoms in total. The molecule has 0 amide bonds. The Morgan fingerprint density at radius 2 is 1.73 bits per heavy atom. The fourth-order valence-electron chi connectivity index (χ4n) is 4.24. The van der Waals surface area contributed by atoms with Crippen LogP contribution in [0.25, 0.3) is 28.2 Å². The smallest absolute Gasteiger partial charge is 0.335 e. The van der Waals surface area contributed by atoms with Crippen LogP contribution >= 0.6 is 23.2 Å². The van der Waals surface area contributed by atoms with Crippen LogP contribution in [0.4, 0.5) is 0 Å². The zero-order valence-electron chi connectivity index (χ0n) is 23.1. The van der Waals surface area contributed by atoms with Crippen LogP contribution in [0.1, 0.15) is 19.9 Å². The number of carbonyl (C=O) groups is 1. The van der Waals surface area contributed by atoms with E-state index < -0.39 is 31.3 Å². The van der Waals surface area contributed by atoms with Gasteiger partial charge in [-0.15, -0.1) is 0 Å². The molecule has 0 radical (unpaired) electrons. The van der Waals surface area contributed by atoms with E-state index in [2.05, 4.69) is 19.6 Å². The first-order valence-electron chi connectivity index (χ1n) is 13.0. The van der Waals surface area contributed by atoms with Gasteiger partial charge in [-0.25, -0.2) is 19.1 Å². The van der Waals surface area contributed by atoms with Gasteiger partial charge in [0.05, 0.1) is 11.6 Å². The molecule has 2 aromatic carbocycles. The van der Waals surface area contributed by atoms with Crippen molar-refractivity contribution in [1.82, 2.24) is 18.7 Å². The second-order valence-electron chi connectivity index (χ2n) is 10.6. The molecule has 0 spiro atoms. The molecule has 212 valence electrons. The third kappa shape index (κ3) is 6.10. The molecule has 0 aliphatic heterocycles. The molecule has 1 unspecified atom stereocenters. The number of nitrogens with zero attached hydrogens (tertiary/aromatic N) is 4. The Bertz CT molecular complexity index is 1650. The molecule has 0 aliphatic rings. The lowest BCUT2D eigenvalue weighted by atomic mass is 10.2. The highest BCUT2D eigenvalue weighted by atomic mass is 35.5. The molecule has 1 atom stereocenters. The number of halogens is 2. The second kappa shape index (κ2) is 12.1. The van der Waals surface area contributed by atoms with Crippen LogP contribution < -0.4 is 11.2 Å². The predicted molar refractivity (Wildman–Crippen MR) is 160 cm³/mol. The lowest BCUT2D eigenvalue weighted by molar-refractivity contribution is -0.146. The number of rotatable bonds is 10. The summed E-state index contributed by atoms with van der Waals surface area (Å²) in [5.74, 6) is -0.354. The molecular formula is C28H32Cl2N4O5Si. The molecule has 2 aromatic heterocycles. The van der Waals surface area contributed by atoms with Crippen LogP contribution in [0, 0.1) is 0 Å². The Morgan fingerprint density at radius 3 is 2.35 bits per heavy atom. The maximum Gasteiger partial charge on any atom is 0.335 e. The molecule has 0 N–H and O–H groups in total. The molecule has 0 saturated heterocycles. The number of esters is 1. The minimum Gasteiger partial charge on any atom is -0.464 e. The molecular weight excluding hydrogens is 571 g/mol. The van der Waals surface area contributed by atoms with E-state index in [1.807, 2.05) is 0 Å². The number of carbonyl (C=O) groups excluding carboxylic acids is 1. The molecule has 40 heavy (non-hydrogen) atoms. The van der Waals surface area contributed by atoms with Crippen LogP contribution in [0.5, 0.6) is 0 Å². The van der Waals surface area contributed by atoms with E-state index in [4.69, 9.17) is 37.7 Å². The van der Waals surface area contributed by atoms with Gasteiger partial charge >= 0.3 is 11.7 Å². The van der Waals surface area contributed by atoms with E-state index in [0.717, 1.165) is 10.6 Å². The molecule has 0 aliphatic carbocycles. The van der Waals surface area contributed by atoms with E-state index >= 15 is 0 Å². The lowest BCUT2D eigenvalue weighted by Gasteiger charge is -2.18. The fraction of sp³-hybridized carbons (Fsp3) is 0.357. The van der Waals surface area contributed by atoms with E-state index in [1.54, 1.807) is 60.0 Å². The van der Waals surface area contributed by atoms with Crippen molar-refractivity contribution in [2.75, 3.05) is 13.2 Å². The van der Waals surface area contributed by atoms with Gasteiger partial charge in [0, 0.05) is 31.0 Å². The predicted octanol–water partition coefficient (Wildman–Crippen LogP) is 5.76. The molecule has 12 heteroatoms. The third-order valence-corrected chi connectivity index (χ3v) is 8.69. The highest BCUT2D eigenvalue weighted by molar-refractivity contribution is 6.76. The summed E-state index contributed by atoms with van der Waals surface area (Å²) < 4.78 is 14.9. The first-order valence-corrected chi connectivity index (χ1v) is 17.4. The van der Waals surface area contributed by atoms with Crippen LogP contribution in [0.3, 0.4) is 0 Å². The summed E-state index contributed by atoms with van der Waals surface area (Å²) in [6, 6.07) is 13.6. The van der Waals surface area contributed by atoms with Crippen LogP contribution in [-0.2, 0) is 21.0 Å². The summed E-state index contributed by atoms with van der Waals surface area (Å²) >= 11 is 12.7. The first-order chi connectivity index (χ1) is 18.9. The summed E-state index contributed by atoms with van der Waals surface area (Å²) in [7, 11) is -1.40. The van der Waals surface area contributed by atoms with Crippen molar-refractivity contribution in [3.05, 3.63) is 79.4 Å². The summed E-state index contributed by atoms with van der Waals surface area (Å²) in [6.07, 6.45) is 0. The Balaban J connectivity index is 2.06. The lowest BCUT2D eigenvalue weighted by Crippen LogP contribution is -2.44. The van der Waals surface area contributed by atoms with Crippen LogP contribution in [-0.4, -0.2) is 45.9 Å². The van der Waals surface area contributed by atoms with Crippen molar-refractivity contribution in [3.63, 3.8) is 0 Å². The van der Waals surface area contributed by atoms with Gasteiger partial charge in [0.15, 0.2) is 11.2 Å². The van der Waals surface area contributed by atoms with Crippen molar-refractivity contribution in [3.8, 4) is 17.1 Å². The van der Waals surface area contributed by atoms with Gasteiger partial charge in [-0.1, -0.05) is 55.0 Å². The number of ether oxygens (including phenoxy) is 2. The van der Waals surface area contributed by atoms with Crippen LogP contribution in [0.2, 0.25) is 35.7 Å². The van der Waals surface area contributed by atoms with Crippen molar-refractivity contribution in [1.29, 1.82) is 0 Å². The zero-order valence-corrected chi connectivity index (χ0v) is 25.6. The van der Waals surface area contributed by atoms with E-state index in [9.17, 15) is 14.4 Å². The first kappa shape index (κ1) is 29.8. The monoisotopic (exact) mass is 602 g/mol. The zero-order chi connectivity index (χ0) is 29.2. The van der Waals surface area contributed by atoms with Gasteiger partial charge in [0.2, 0.25) is 0 Å². The van der Waals surface area contributed by atoms with Crippen LogP contribution in [0.15, 0.2) is 58.1 Å². The van der Waals surface area contributed by atoms with E-state index in [0.29, 0.717) is 33.7 Å². The number of imidazole rings is 1. The van der Waals surface area contributed by atoms with Crippen molar-refractivity contribution in [2.24, 2.45) is 0 Å². The fourth-order valence-corrected chi connectivity index (χ4v) is 5.34. The van der Waals surface area contributed by atoms with Crippen molar-refractivity contribution in [2.45, 2.75) is 52.3 Å². The minimum atomic E-state index is -1.40. The number of aromatic nitrogens is 4. The number of fused-ring (bicyclic) bond motifs is 1. The normalized spacial score (nSPS) is 12.6. The SMILES string of the molecule is CCOC(=O)C(C)n1c(=O)c2c(nc(-c3ccccc3Cl)n2-c2ccc(Cl)cc2)n(COCC[Si](C)(C)C)c1=O. The highest BCUT2D eigenvalue weighted by Gasteiger charge is 2.29. The third-order valence-electron chi connectivity index (χ3n) is 6.40. The van der Waals surface area contributed by atoms with Crippen molar-refractivity contribution >= 4 is 48.4 Å². The summed E-state index contributed by atoms with van der Waals surface area (Å²) in [5.41, 5.74) is -0.100. The maximum atomic E-state index is 14.1. The number of hydrogen-bond acceptors (Lipinski definition) is 6. The average molecular weight is 604 g/mol. The van der Waals surface area contributed by atoms with Crippen molar-refractivity contribution < 1.29 is 14.3 Å². The largest absolute Gasteiger partial charge is 0.464 e. The van der Waals surface area contributed by atoms with Gasteiger partial charge in [0.1, 0.15) is 18.6 Å². The minimum absolute atomic E-state index is 0.0850. The highest BCUT2D eigenvalue weighted by Crippen LogP contribution is 2.32. The van der Waals surface area contributed by atoms with Gasteiger partial charge in [-0.05, 0) is 56.3 Å². The summed E-state index contributed by atoms with van der Waals surface area (Å²) in [4.78, 5) is 45.4. The molecule has 0 saturated carbocycles. The van der Waals surface area contributed by atoms with E-state index in [1.165, 1.54) is 11.5 Å². The summed E-state index contributed by atoms with van der Waals surface area (Å²) in [5, 5.41) is 0.919. The van der Waals surface area contributed by atoms with Gasteiger partial charge in [-0.3, -0.25) is 13.9 Å². The molecule has 2 heterocycles. The van der Waals surface area contributed by atoms with Gasteiger partial charge < -0.3 is 9.47 Å². The molecule has 0 fully saturated rings. The summed E-state index contributed by atoms with van der Waals surface area (Å²) in [6.45, 7) is 10.2. The topological polar surface area (TPSA) is 97.4 Å². The van der Waals surface area contributed by atoms with Gasteiger partial charge in [0.25, 0.3) is 5.56 Å². The van der Waals surface area contributed by atoms with E-state index in [-0.39, 0.29) is 24.5 Å². The molecule has 4 aromatic rings. The Labute approximate surface area is 242 Å². The van der Waals surface area contributed by atoms with Gasteiger partial charge in [-0.2, -0.15) is 0 Å². The second-order valence-corrected chi connectivity index (χ2v) is 17.0. The maximum absolute atomic E-state index is 14.1. The average Bonchev–Trinajstić information content (AvgIpc) is 3.29.